The minimum Gasteiger partial charge on any atom is -0.497 e. The molecule has 23 heavy (non-hydrogen) atoms. The van der Waals surface area contributed by atoms with E-state index in [-0.39, 0.29) is 11.8 Å². The molecule has 0 radical (unpaired) electrons. The van der Waals surface area contributed by atoms with Gasteiger partial charge in [-0.3, -0.25) is 4.79 Å². The number of rotatable bonds is 4. The van der Waals surface area contributed by atoms with Crippen LogP contribution in [0.15, 0.2) is 42.5 Å². The topological polar surface area (TPSA) is 47.6 Å². The Kier molecular flexibility index (Phi) is 4.51. The fourth-order valence-electron chi connectivity index (χ4n) is 2.82. The molecule has 1 aliphatic rings. The molecule has 0 fully saturated rings. The van der Waals surface area contributed by atoms with Gasteiger partial charge in [-0.15, -0.1) is 0 Å². The van der Waals surface area contributed by atoms with E-state index in [4.69, 9.17) is 9.47 Å². The standard InChI is InChI=1S/C19H21NO3/c1-13-4-3-5-14(8-13)11-20-19(21)16-9-15-10-17(22-2)6-7-18(15)23-12-16/h3-8,10,16H,9,11-12H2,1-2H3,(H,20,21). The van der Waals surface area contributed by atoms with Crippen LogP contribution < -0.4 is 14.8 Å². The van der Waals surface area contributed by atoms with Gasteiger partial charge in [0, 0.05) is 6.54 Å². The molecule has 1 amide bonds. The van der Waals surface area contributed by atoms with Crippen LogP contribution in [0, 0.1) is 12.8 Å². The van der Waals surface area contributed by atoms with Crippen molar-refractivity contribution in [3.05, 3.63) is 59.2 Å². The summed E-state index contributed by atoms with van der Waals surface area (Å²) in [6.07, 6.45) is 0.673. The van der Waals surface area contributed by atoms with Crippen LogP contribution >= 0.6 is 0 Å². The Bertz CT molecular complexity index is 712. The molecule has 4 nitrogen and oxygen atoms in total. The molecule has 1 unspecified atom stereocenters. The normalized spacial score (nSPS) is 16.2. The van der Waals surface area contributed by atoms with Gasteiger partial charge in [-0.1, -0.05) is 29.8 Å². The van der Waals surface area contributed by atoms with Gasteiger partial charge in [0.2, 0.25) is 5.91 Å². The van der Waals surface area contributed by atoms with E-state index < -0.39 is 0 Å². The Labute approximate surface area is 136 Å². The lowest BCUT2D eigenvalue weighted by Gasteiger charge is -2.25. The van der Waals surface area contributed by atoms with Crippen molar-refractivity contribution < 1.29 is 14.3 Å². The number of benzene rings is 2. The fourth-order valence-corrected chi connectivity index (χ4v) is 2.82. The second-order valence-corrected chi connectivity index (χ2v) is 5.89. The van der Waals surface area contributed by atoms with Crippen molar-refractivity contribution in [1.29, 1.82) is 0 Å². The molecule has 1 atom stereocenters. The minimum atomic E-state index is -0.167. The van der Waals surface area contributed by atoms with Crippen LogP contribution in [0.25, 0.3) is 0 Å². The third-order valence-corrected chi connectivity index (χ3v) is 4.09. The van der Waals surface area contributed by atoms with Crippen LogP contribution in [0.5, 0.6) is 11.5 Å². The third kappa shape index (κ3) is 3.65. The number of carbonyl (C=O) groups excluding carboxylic acids is 1. The molecule has 3 rings (SSSR count). The van der Waals surface area contributed by atoms with Gasteiger partial charge in [-0.05, 0) is 42.7 Å². The van der Waals surface area contributed by atoms with E-state index >= 15 is 0 Å². The van der Waals surface area contributed by atoms with E-state index in [1.54, 1.807) is 7.11 Å². The van der Waals surface area contributed by atoms with Gasteiger partial charge in [-0.2, -0.15) is 0 Å². The van der Waals surface area contributed by atoms with E-state index in [0.29, 0.717) is 19.6 Å². The molecule has 120 valence electrons. The number of aryl methyl sites for hydroxylation is 1. The molecule has 0 bridgehead atoms. The number of ether oxygens (including phenoxy) is 2. The molecular formula is C19H21NO3. The predicted molar refractivity (Wildman–Crippen MR) is 88.7 cm³/mol. The molecule has 2 aromatic rings. The molecule has 0 saturated heterocycles. The summed E-state index contributed by atoms with van der Waals surface area (Å²) in [5.74, 6) is 1.49. The summed E-state index contributed by atoms with van der Waals surface area (Å²) in [7, 11) is 1.64. The average Bonchev–Trinajstić information content (AvgIpc) is 2.58. The summed E-state index contributed by atoms with van der Waals surface area (Å²) in [5.41, 5.74) is 3.32. The first-order chi connectivity index (χ1) is 11.2. The molecular weight excluding hydrogens is 290 g/mol. The number of carbonyl (C=O) groups is 1. The predicted octanol–water partition coefficient (Wildman–Crippen LogP) is 2.87. The summed E-state index contributed by atoms with van der Waals surface area (Å²) in [4.78, 5) is 12.4. The number of hydrogen-bond donors (Lipinski definition) is 1. The van der Waals surface area contributed by atoms with Crippen molar-refractivity contribution in [3.63, 3.8) is 0 Å². The molecule has 1 heterocycles. The van der Waals surface area contributed by atoms with Crippen molar-refractivity contribution in [2.75, 3.05) is 13.7 Å². The molecule has 2 aromatic carbocycles. The van der Waals surface area contributed by atoms with Crippen LogP contribution in [-0.4, -0.2) is 19.6 Å². The highest BCUT2D eigenvalue weighted by Gasteiger charge is 2.26. The van der Waals surface area contributed by atoms with Gasteiger partial charge < -0.3 is 14.8 Å². The van der Waals surface area contributed by atoms with Crippen LogP contribution in [0.2, 0.25) is 0 Å². The largest absolute Gasteiger partial charge is 0.497 e. The molecule has 0 spiro atoms. The van der Waals surface area contributed by atoms with Crippen molar-refractivity contribution in [3.8, 4) is 11.5 Å². The Morgan fingerprint density at radius 1 is 1.30 bits per heavy atom. The van der Waals surface area contributed by atoms with Gasteiger partial charge in [0.25, 0.3) is 0 Å². The number of fused-ring (bicyclic) bond motifs is 1. The molecule has 0 aromatic heterocycles. The Morgan fingerprint density at radius 3 is 2.96 bits per heavy atom. The number of methoxy groups -OCH3 is 1. The summed E-state index contributed by atoms with van der Waals surface area (Å²) >= 11 is 0. The zero-order valence-electron chi connectivity index (χ0n) is 13.5. The van der Waals surface area contributed by atoms with Crippen molar-refractivity contribution in [2.45, 2.75) is 19.9 Å². The van der Waals surface area contributed by atoms with E-state index in [1.165, 1.54) is 5.56 Å². The maximum Gasteiger partial charge on any atom is 0.227 e. The first-order valence-electron chi connectivity index (χ1n) is 7.78. The monoisotopic (exact) mass is 311 g/mol. The second-order valence-electron chi connectivity index (χ2n) is 5.89. The van der Waals surface area contributed by atoms with Crippen LogP contribution in [0.1, 0.15) is 16.7 Å². The molecule has 1 N–H and O–H groups in total. The highest BCUT2D eigenvalue weighted by molar-refractivity contribution is 5.79. The first-order valence-corrected chi connectivity index (χ1v) is 7.78. The van der Waals surface area contributed by atoms with Crippen LogP contribution in [0.3, 0.4) is 0 Å². The SMILES string of the molecule is COc1ccc2c(c1)CC(C(=O)NCc1cccc(C)c1)CO2. The molecule has 1 aliphatic heterocycles. The number of hydrogen-bond acceptors (Lipinski definition) is 3. The van der Waals surface area contributed by atoms with Crippen LogP contribution in [-0.2, 0) is 17.8 Å². The quantitative estimate of drug-likeness (QED) is 0.944. The number of nitrogens with one attached hydrogen (secondary N) is 1. The van der Waals surface area contributed by atoms with Crippen LogP contribution in [0.4, 0.5) is 0 Å². The molecule has 0 aliphatic carbocycles. The van der Waals surface area contributed by atoms with Gasteiger partial charge in [0.15, 0.2) is 0 Å². The Hall–Kier alpha value is -2.49. The Morgan fingerprint density at radius 2 is 2.17 bits per heavy atom. The van der Waals surface area contributed by atoms with Gasteiger partial charge >= 0.3 is 0 Å². The van der Waals surface area contributed by atoms with Gasteiger partial charge in [0.05, 0.1) is 13.0 Å². The summed E-state index contributed by atoms with van der Waals surface area (Å²) < 4.78 is 10.9. The molecule has 4 heteroatoms. The summed E-state index contributed by atoms with van der Waals surface area (Å²) in [5, 5.41) is 3.01. The van der Waals surface area contributed by atoms with Gasteiger partial charge in [-0.25, -0.2) is 0 Å². The van der Waals surface area contributed by atoms with E-state index in [0.717, 1.165) is 22.6 Å². The lowest BCUT2D eigenvalue weighted by atomic mass is 9.95. The summed E-state index contributed by atoms with van der Waals surface area (Å²) in [6.45, 7) is 3.01. The number of amides is 1. The molecule has 0 saturated carbocycles. The smallest absolute Gasteiger partial charge is 0.227 e. The van der Waals surface area contributed by atoms with Crippen molar-refractivity contribution in [1.82, 2.24) is 5.32 Å². The lowest BCUT2D eigenvalue weighted by Crippen LogP contribution is -2.37. The lowest BCUT2D eigenvalue weighted by molar-refractivity contribution is -0.126. The fraction of sp³-hybridized carbons (Fsp3) is 0.316. The van der Waals surface area contributed by atoms with E-state index in [9.17, 15) is 4.79 Å². The van der Waals surface area contributed by atoms with Crippen molar-refractivity contribution in [2.24, 2.45) is 5.92 Å². The third-order valence-electron chi connectivity index (χ3n) is 4.09. The highest BCUT2D eigenvalue weighted by Crippen LogP contribution is 2.30. The zero-order chi connectivity index (χ0) is 16.2. The van der Waals surface area contributed by atoms with E-state index in [1.807, 2.05) is 43.3 Å². The Balaban J connectivity index is 1.62. The zero-order valence-corrected chi connectivity index (χ0v) is 13.5. The highest BCUT2D eigenvalue weighted by atomic mass is 16.5. The van der Waals surface area contributed by atoms with Crippen molar-refractivity contribution >= 4 is 5.91 Å². The van der Waals surface area contributed by atoms with E-state index in [2.05, 4.69) is 11.4 Å². The summed E-state index contributed by atoms with van der Waals surface area (Å²) in [6, 6.07) is 13.9. The minimum absolute atomic E-state index is 0.0278. The first kappa shape index (κ1) is 15.4. The second kappa shape index (κ2) is 6.73. The van der Waals surface area contributed by atoms with Gasteiger partial charge in [0.1, 0.15) is 18.1 Å². The average molecular weight is 311 g/mol. The maximum atomic E-state index is 12.4. The maximum absolute atomic E-state index is 12.4.